The summed E-state index contributed by atoms with van der Waals surface area (Å²) in [6.45, 7) is 0.840. The van der Waals surface area contributed by atoms with Gasteiger partial charge in [-0.3, -0.25) is 14.4 Å². The Labute approximate surface area is 148 Å². The molecule has 3 rings (SSSR count). The molecule has 0 fully saturated rings. The number of fused-ring (bicyclic) bond motifs is 1. The van der Waals surface area contributed by atoms with Crippen LogP contribution in [0.2, 0.25) is 5.02 Å². The molecule has 130 valence electrons. The Morgan fingerprint density at radius 2 is 2.24 bits per heavy atom. The molecule has 1 atom stereocenters. The highest BCUT2D eigenvalue weighted by molar-refractivity contribution is 6.30. The summed E-state index contributed by atoms with van der Waals surface area (Å²) in [7, 11) is 0. The number of rotatable bonds is 4. The van der Waals surface area contributed by atoms with Crippen molar-refractivity contribution in [3.63, 3.8) is 0 Å². The molecule has 8 nitrogen and oxygen atoms in total. The molecule has 0 saturated heterocycles. The molecule has 0 spiro atoms. The summed E-state index contributed by atoms with van der Waals surface area (Å²) in [5.74, 6) is -0.419. The number of halogens is 1. The molecular formula is C16H15ClN4O4. The first kappa shape index (κ1) is 17.1. The van der Waals surface area contributed by atoms with Gasteiger partial charge in [-0.1, -0.05) is 11.6 Å². The number of benzene rings is 1. The summed E-state index contributed by atoms with van der Waals surface area (Å²) < 4.78 is 5.47. The summed E-state index contributed by atoms with van der Waals surface area (Å²) in [6, 6.07) is 4.38. The molecule has 2 aliphatic rings. The lowest BCUT2D eigenvalue weighted by molar-refractivity contribution is -0.133. The standard InChI is InChI=1S/C16H15ClN4O4/c17-11-1-3-13-10(7-11)8-21(15(23)9-25-13)6-5-18-16(24)12-2-4-14(22)20-19-12/h1-4,7,12H,5-6,8-9H2,(H,18,24). The van der Waals surface area contributed by atoms with Crippen LogP contribution in [-0.2, 0) is 20.9 Å². The Bertz CT molecular complexity index is 761. The van der Waals surface area contributed by atoms with E-state index in [0.29, 0.717) is 23.9 Å². The van der Waals surface area contributed by atoms with Gasteiger partial charge in [-0.15, -0.1) is 5.11 Å². The zero-order valence-corrected chi connectivity index (χ0v) is 13.9. The molecule has 0 aromatic heterocycles. The maximum atomic E-state index is 12.2. The largest absolute Gasteiger partial charge is 0.483 e. The molecule has 1 aromatic carbocycles. The Hall–Kier alpha value is -2.74. The SMILES string of the molecule is O=C1C=CC(C(=O)NCCN2Cc3cc(Cl)ccc3OCC2=O)N=N1. The number of hydrogen-bond acceptors (Lipinski definition) is 5. The third kappa shape index (κ3) is 4.21. The number of carbonyl (C=O) groups is 3. The van der Waals surface area contributed by atoms with E-state index in [-0.39, 0.29) is 25.0 Å². The minimum atomic E-state index is -0.819. The molecule has 25 heavy (non-hydrogen) atoms. The summed E-state index contributed by atoms with van der Waals surface area (Å²) in [4.78, 5) is 36.6. The van der Waals surface area contributed by atoms with Crippen molar-refractivity contribution >= 4 is 29.3 Å². The van der Waals surface area contributed by atoms with Crippen molar-refractivity contribution in [2.45, 2.75) is 12.6 Å². The first-order valence-corrected chi connectivity index (χ1v) is 8.00. The number of amides is 3. The summed E-state index contributed by atoms with van der Waals surface area (Å²) in [5, 5.41) is 10.2. The number of hydrogen-bond donors (Lipinski definition) is 1. The molecule has 2 aliphatic heterocycles. The topological polar surface area (TPSA) is 100 Å². The van der Waals surface area contributed by atoms with Gasteiger partial charge in [0.2, 0.25) is 0 Å². The van der Waals surface area contributed by atoms with Crippen LogP contribution in [0.25, 0.3) is 0 Å². The van der Waals surface area contributed by atoms with Gasteiger partial charge in [0.25, 0.3) is 17.7 Å². The lowest BCUT2D eigenvalue weighted by Crippen LogP contribution is -2.41. The second kappa shape index (κ2) is 7.43. The number of nitrogens with one attached hydrogen (secondary N) is 1. The molecule has 0 aliphatic carbocycles. The number of azo groups is 1. The molecule has 3 amide bonds. The maximum absolute atomic E-state index is 12.2. The fourth-order valence-corrected chi connectivity index (χ4v) is 2.66. The van der Waals surface area contributed by atoms with Crippen LogP contribution in [0.1, 0.15) is 5.56 Å². The van der Waals surface area contributed by atoms with E-state index in [9.17, 15) is 14.4 Å². The average molecular weight is 363 g/mol. The highest BCUT2D eigenvalue weighted by atomic mass is 35.5. The van der Waals surface area contributed by atoms with Crippen LogP contribution in [0.15, 0.2) is 40.6 Å². The fraction of sp³-hybridized carbons (Fsp3) is 0.312. The quantitative estimate of drug-likeness (QED) is 0.866. The van der Waals surface area contributed by atoms with Gasteiger partial charge in [0, 0.05) is 36.3 Å². The molecule has 1 unspecified atom stereocenters. The third-order valence-corrected chi connectivity index (χ3v) is 3.97. The van der Waals surface area contributed by atoms with Crippen molar-refractivity contribution in [2.75, 3.05) is 19.7 Å². The Balaban J connectivity index is 1.56. The van der Waals surface area contributed by atoms with Crippen LogP contribution in [0.5, 0.6) is 5.75 Å². The molecule has 1 N–H and O–H groups in total. The molecule has 0 radical (unpaired) electrons. The van der Waals surface area contributed by atoms with Crippen LogP contribution >= 0.6 is 11.6 Å². The number of carbonyl (C=O) groups excluding carboxylic acids is 3. The second-order valence-corrected chi connectivity index (χ2v) is 5.94. The third-order valence-electron chi connectivity index (χ3n) is 3.74. The van der Waals surface area contributed by atoms with Crippen molar-refractivity contribution in [1.29, 1.82) is 0 Å². The van der Waals surface area contributed by atoms with E-state index in [1.165, 1.54) is 12.2 Å². The van der Waals surface area contributed by atoms with Crippen LogP contribution in [-0.4, -0.2) is 48.4 Å². The van der Waals surface area contributed by atoms with Gasteiger partial charge in [0.05, 0.1) is 0 Å². The molecule has 0 bridgehead atoms. The molecule has 1 aromatic rings. The van der Waals surface area contributed by atoms with Gasteiger partial charge in [-0.2, -0.15) is 5.11 Å². The van der Waals surface area contributed by atoms with E-state index in [4.69, 9.17) is 16.3 Å². The zero-order valence-electron chi connectivity index (χ0n) is 13.1. The molecule has 2 heterocycles. The van der Waals surface area contributed by atoms with Gasteiger partial charge < -0.3 is 15.0 Å². The molecule has 9 heteroatoms. The van der Waals surface area contributed by atoms with Crippen LogP contribution in [0, 0.1) is 0 Å². The van der Waals surface area contributed by atoms with Crippen molar-refractivity contribution < 1.29 is 19.1 Å². The van der Waals surface area contributed by atoms with Gasteiger partial charge >= 0.3 is 0 Å². The van der Waals surface area contributed by atoms with Gasteiger partial charge in [-0.25, -0.2) is 0 Å². The lowest BCUT2D eigenvalue weighted by Gasteiger charge is -2.20. The zero-order chi connectivity index (χ0) is 17.8. The van der Waals surface area contributed by atoms with Crippen molar-refractivity contribution in [3.05, 3.63) is 40.9 Å². The minimum Gasteiger partial charge on any atom is -0.483 e. The Morgan fingerprint density at radius 3 is 3.00 bits per heavy atom. The number of ether oxygens (including phenoxy) is 1. The monoisotopic (exact) mass is 362 g/mol. The first-order valence-electron chi connectivity index (χ1n) is 7.62. The second-order valence-electron chi connectivity index (χ2n) is 5.50. The highest BCUT2D eigenvalue weighted by Gasteiger charge is 2.22. The average Bonchev–Trinajstić information content (AvgIpc) is 2.74. The van der Waals surface area contributed by atoms with Crippen LogP contribution in [0.3, 0.4) is 0 Å². The fourth-order valence-electron chi connectivity index (χ4n) is 2.46. The van der Waals surface area contributed by atoms with Crippen molar-refractivity contribution in [2.24, 2.45) is 10.2 Å². The molecular weight excluding hydrogens is 348 g/mol. The Morgan fingerprint density at radius 1 is 1.40 bits per heavy atom. The summed E-state index contributed by atoms with van der Waals surface area (Å²) in [5.41, 5.74) is 0.812. The normalized spacial score (nSPS) is 19.2. The van der Waals surface area contributed by atoms with E-state index in [1.807, 2.05) is 0 Å². The molecule has 0 saturated carbocycles. The van der Waals surface area contributed by atoms with Crippen molar-refractivity contribution in [3.8, 4) is 5.75 Å². The van der Waals surface area contributed by atoms with E-state index in [2.05, 4.69) is 15.5 Å². The van der Waals surface area contributed by atoms with Crippen LogP contribution < -0.4 is 10.1 Å². The smallest absolute Gasteiger partial charge is 0.287 e. The predicted octanol–water partition coefficient (Wildman–Crippen LogP) is 1.09. The predicted molar refractivity (Wildman–Crippen MR) is 88.2 cm³/mol. The van der Waals surface area contributed by atoms with Gasteiger partial charge in [-0.05, 0) is 24.3 Å². The van der Waals surface area contributed by atoms with Gasteiger partial charge in [0.1, 0.15) is 5.75 Å². The first-order chi connectivity index (χ1) is 12.0. The van der Waals surface area contributed by atoms with E-state index >= 15 is 0 Å². The number of nitrogens with zero attached hydrogens (tertiary/aromatic N) is 3. The lowest BCUT2D eigenvalue weighted by atomic mass is 10.2. The Kier molecular flexibility index (Phi) is 5.08. The summed E-state index contributed by atoms with van der Waals surface area (Å²) >= 11 is 5.99. The van der Waals surface area contributed by atoms with E-state index < -0.39 is 11.9 Å². The highest BCUT2D eigenvalue weighted by Crippen LogP contribution is 2.26. The van der Waals surface area contributed by atoms with Gasteiger partial charge in [0.15, 0.2) is 12.6 Å². The minimum absolute atomic E-state index is 0.0652. The van der Waals surface area contributed by atoms with E-state index in [1.54, 1.807) is 23.1 Å². The van der Waals surface area contributed by atoms with E-state index in [0.717, 1.165) is 5.56 Å². The van der Waals surface area contributed by atoms with Crippen LogP contribution in [0.4, 0.5) is 0 Å². The maximum Gasteiger partial charge on any atom is 0.287 e. The summed E-state index contributed by atoms with van der Waals surface area (Å²) in [6.07, 6.45) is 2.58. The van der Waals surface area contributed by atoms with Crippen molar-refractivity contribution in [1.82, 2.24) is 10.2 Å².